The Morgan fingerprint density at radius 2 is 2.00 bits per heavy atom. The van der Waals surface area contributed by atoms with Crippen LogP contribution in [-0.2, 0) is 11.3 Å². The first-order valence-electron chi connectivity index (χ1n) is 8.85. The van der Waals surface area contributed by atoms with Crippen LogP contribution in [0.2, 0.25) is 0 Å². The number of amides is 1. The van der Waals surface area contributed by atoms with E-state index >= 15 is 0 Å². The average molecular weight is 401 g/mol. The van der Waals surface area contributed by atoms with Crippen molar-refractivity contribution in [2.45, 2.75) is 13.5 Å². The summed E-state index contributed by atoms with van der Waals surface area (Å²) in [5.41, 5.74) is 8.78. The van der Waals surface area contributed by atoms with Crippen molar-refractivity contribution < 1.29 is 19.0 Å². The maximum Gasteiger partial charge on any atom is 0.409 e. The number of ether oxygens (including phenoxy) is 3. The van der Waals surface area contributed by atoms with Crippen molar-refractivity contribution in [2.75, 3.05) is 40.2 Å². The van der Waals surface area contributed by atoms with Gasteiger partial charge in [0.2, 0.25) is 0 Å². The summed E-state index contributed by atoms with van der Waals surface area (Å²) in [5.74, 6) is 0.161. The lowest BCUT2D eigenvalue weighted by atomic mass is 10.2. The van der Waals surface area contributed by atoms with Gasteiger partial charge in [0, 0.05) is 26.0 Å². The van der Waals surface area contributed by atoms with Crippen LogP contribution >= 0.6 is 0 Å². The second-order valence-electron chi connectivity index (χ2n) is 6.41. The molecule has 0 atom stereocenters. The van der Waals surface area contributed by atoms with Gasteiger partial charge < -0.3 is 24.8 Å². The Balaban J connectivity index is 1.82. The summed E-state index contributed by atoms with van der Waals surface area (Å²) in [4.78, 5) is 29.9. The van der Waals surface area contributed by atoms with Crippen molar-refractivity contribution in [1.29, 1.82) is 0 Å². The van der Waals surface area contributed by atoms with Crippen molar-refractivity contribution in [3.8, 4) is 12.0 Å². The van der Waals surface area contributed by atoms with Gasteiger partial charge in [-0.3, -0.25) is 9.55 Å². The number of hydrogen-bond acceptors (Lipinski definition) is 9. The largest absolute Gasteiger partial charge is 0.468 e. The molecule has 154 valence electrons. The second kappa shape index (κ2) is 8.59. The highest BCUT2D eigenvalue weighted by molar-refractivity contribution is 5.83. The predicted molar refractivity (Wildman–Crippen MR) is 105 cm³/mol. The summed E-state index contributed by atoms with van der Waals surface area (Å²) >= 11 is 0. The van der Waals surface area contributed by atoms with Gasteiger partial charge >= 0.3 is 12.1 Å². The summed E-state index contributed by atoms with van der Waals surface area (Å²) in [6.07, 6.45) is 1.32. The fraction of sp³-hybridized carbons (Fsp3) is 0.389. The van der Waals surface area contributed by atoms with Crippen LogP contribution < -0.4 is 15.2 Å². The number of pyridine rings is 1. The third-order valence-electron chi connectivity index (χ3n) is 3.97. The summed E-state index contributed by atoms with van der Waals surface area (Å²) in [6, 6.07) is 4.29. The number of fused-ring (bicyclic) bond motifs is 1. The zero-order chi connectivity index (χ0) is 21.0. The molecule has 3 rings (SSSR count). The number of carbonyl (C=O) groups excluding carboxylic acids is 1. The minimum absolute atomic E-state index is 0.0515. The monoisotopic (exact) mass is 401 g/mol. The number of rotatable bonds is 7. The quantitative estimate of drug-likeness (QED) is 0.581. The van der Waals surface area contributed by atoms with Gasteiger partial charge in [-0.05, 0) is 18.6 Å². The lowest BCUT2D eigenvalue weighted by Crippen LogP contribution is -2.24. The van der Waals surface area contributed by atoms with Crippen molar-refractivity contribution >= 4 is 23.1 Å². The molecular formula is C18H23N7O4. The zero-order valence-corrected chi connectivity index (χ0v) is 16.7. The van der Waals surface area contributed by atoms with Crippen LogP contribution in [0, 0.1) is 6.92 Å². The summed E-state index contributed by atoms with van der Waals surface area (Å²) in [6.45, 7) is 2.49. The number of nitrogens with two attached hydrogens (primary N) is 1. The Morgan fingerprint density at radius 1 is 1.21 bits per heavy atom. The molecule has 1 amide bonds. The van der Waals surface area contributed by atoms with Crippen LogP contribution in [0.1, 0.15) is 11.3 Å². The molecule has 3 heterocycles. The molecule has 0 aliphatic heterocycles. The number of nitrogen functional groups attached to an aromatic ring is 1. The molecule has 11 heteroatoms. The van der Waals surface area contributed by atoms with Crippen LogP contribution in [0.5, 0.6) is 12.0 Å². The molecule has 0 saturated heterocycles. The van der Waals surface area contributed by atoms with Gasteiger partial charge in [-0.25, -0.2) is 4.79 Å². The molecule has 0 unspecified atom stereocenters. The third-order valence-corrected chi connectivity index (χ3v) is 3.97. The first kappa shape index (κ1) is 20.1. The molecule has 0 aromatic carbocycles. The Morgan fingerprint density at radius 3 is 2.66 bits per heavy atom. The fourth-order valence-electron chi connectivity index (χ4n) is 2.51. The zero-order valence-electron chi connectivity index (χ0n) is 16.7. The lowest BCUT2D eigenvalue weighted by Gasteiger charge is -2.11. The molecule has 0 aliphatic carbocycles. The average Bonchev–Trinajstić information content (AvgIpc) is 3.05. The van der Waals surface area contributed by atoms with Crippen LogP contribution in [0.15, 0.2) is 18.3 Å². The van der Waals surface area contributed by atoms with E-state index in [1.54, 1.807) is 24.9 Å². The predicted octanol–water partition coefficient (Wildman–Crippen LogP) is 1.25. The standard InChI is InChI=1S/C18H23N7O4/c1-11-5-6-12(9-20-11)10-25-15-13(21-17(25)27-4)14(19)22-16(23-15)28-7-8-29-18(26)24(2)3/h5-6,9H,7-8,10H2,1-4H3,(H2,19,22,23). The number of hydrogen-bond donors (Lipinski definition) is 1. The molecule has 0 bridgehead atoms. The molecule has 3 aromatic rings. The molecule has 0 spiro atoms. The maximum absolute atomic E-state index is 11.4. The smallest absolute Gasteiger partial charge is 0.409 e. The van der Waals surface area contributed by atoms with Gasteiger partial charge in [-0.15, -0.1) is 0 Å². The Hall–Kier alpha value is -3.63. The van der Waals surface area contributed by atoms with Crippen LogP contribution in [0.3, 0.4) is 0 Å². The number of methoxy groups -OCH3 is 1. The van der Waals surface area contributed by atoms with Gasteiger partial charge in [0.1, 0.15) is 13.2 Å². The minimum Gasteiger partial charge on any atom is -0.468 e. The number of aryl methyl sites for hydroxylation is 1. The number of carbonyl (C=O) groups is 1. The van der Waals surface area contributed by atoms with Crippen molar-refractivity contribution in [3.63, 3.8) is 0 Å². The van der Waals surface area contributed by atoms with Crippen molar-refractivity contribution in [2.24, 2.45) is 0 Å². The summed E-state index contributed by atoms with van der Waals surface area (Å²) in [5, 5.41) is 0. The van der Waals surface area contributed by atoms with Crippen LogP contribution in [-0.4, -0.2) is 69.9 Å². The Labute approximate surface area is 167 Å². The molecule has 11 nitrogen and oxygen atoms in total. The van der Waals surface area contributed by atoms with E-state index in [1.165, 1.54) is 12.0 Å². The summed E-state index contributed by atoms with van der Waals surface area (Å²) in [7, 11) is 4.71. The second-order valence-corrected chi connectivity index (χ2v) is 6.41. The number of nitrogens with zero attached hydrogens (tertiary/aromatic N) is 6. The molecule has 29 heavy (non-hydrogen) atoms. The molecule has 0 aliphatic rings. The third kappa shape index (κ3) is 4.62. The fourth-order valence-corrected chi connectivity index (χ4v) is 2.51. The van der Waals surface area contributed by atoms with Gasteiger partial charge in [0.05, 0.1) is 13.7 Å². The van der Waals surface area contributed by atoms with E-state index in [9.17, 15) is 4.79 Å². The normalized spacial score (nSPS) is 10.8. The molecular weight excluding hydrogens is 378 g/mol. The van der Waals surface area contributed by atoms with Gasteiger partial charge in [0.15, 0.2) is 17.0 Å². The van der Waals surface area contributed by atoms with E-state index in [0.717, 1.165) is 11.3 Å². The highest BCUT2D eigenvalue weighted by Gasteiger charge is 2.18. The van der Waals surface area contributed by atoms with Crippen LogP contribution in [0.25, 0.3) is 11.2 Å². The highest BCUT2D eigenvalue weighted by Crippen LogP contribution is 2.26. The number of anilines is 1. The minimum atomic E-state index is -0.459. The van der Waals surface area contributed by atoms with E-state index < -0.39 is 6.09 Å². The van der Waals surface area contributed by atoms with Gasteiger partial charge in [-0.2, -0.15) is 15.0 Å². The van der Waals surface area contributed by atoms with Crippen LogP contribution in [0.4, 0.5) is 10.6 Å². The molecule has 0 radical (unpaired) electrons. The van der Waals surface area contributed by atoms with E-state index in [4.69, 9.17) is 19.9 Å². The van der Waals surface area contributed by atoms with E-state index in [-0.39, 0.29) is 25.0 Å². The summed E-state index contributed by atoms with van der Waals surface area (Å²) < 4.78 is 17.6. The number of aromatic nitrogens is 5. The first-order valence-corrected chi connectivity index (χ1v) is 8.85. The molecule has 3 aromatic heterocycles. The van der Waals surface area contributed by atoms with Crippen molar-refractivity contribution in [1.82, 2.24) is 29.4 Å². The van der Waals surface area contributed by atoms with Gasteiger partial charge in [0.25, 0.3) is 6.01 Å². The SMILES string of the molecule is COc1nc2c(N)nc(OCCOC(=O)N(C)C)nc2n1Cc1ccc(C)nc1. The molecule has 0 fully saturated rings. The number of imidazole rings is 1. The maximum atomic E-state index is 11.4. The van der Waals surface area contributed by atoms with Crippen molar-refractivity contribution in [3.05, 3.63) is 29.6 Å². The first-order chi connectivity index (χ1) is 13.9. The van der Waals surface area contributed by atoms with Gasteiger partial charge in [-0.1, -0.05) is 6.07 Å². The molecule has 2 N–H and O–H groups in total. The topological polar surface area (TPSA) is 131 Å². The lowest BCUT2D eigenvalue weighted by molar-refractivity contribution is 0.0996. The van der Waals surface area contributed by atoms with E-state index in [0.29, 0.717) is 23.7 Å². The van der Waals surface area contributed by atoms with E-state index in [1.807, 2.05) is 19.1 Å². The highest BCUT2D eigenvalue weighted by atomic mass is 16.6. The van der Waals surface area contributed by atoms with E-state index in [2.05, 4.69) is 19.9 Å². The Bertz CT molecular complexity index is 1000. The molecule has 0 saturated carbocycles. The Kier molecular flexibility index (Phi) is 5.96.